The monoisotopic (exact) mass is 367 g/mol. The van der Waals surface area contributed by atoms with E-state index in [1.165, 1.54) is 28.8 Å². The SMILES string of the molecule is Cc1c(CC(=O)O)c2c(Cl)c(O)ccc2n1C(=O)c1ccc(F)s1. The van der Waals surface area contributed by atoms with E-state index in [9.17, 15) is 19.1 Å². The Hall–Kier alpha value is -2.38. The van der Waals surface area contributed by atoms with Crippen LogP contribution >= 0.6 is 22.9 Å². The molecule has 1 aromatic carbocycles. The number of carbonyl (C=O) groups excluding carboxylic acids is 1. The van der Waals surface area contributed by atoms with Gasteiger partial charge in [0.25, 0.3) is 5.91 Å². The number of rotatable bonds is 3. The molecule has 5 nitrogen and oxygen atoms in total. The number of phenols is 1. The molecular weight excluding hydrogens is 357 g/mol. The lowest BCUT2D eigenvalue weighted by atomic mass is 10.1. The molecule has 2 heterocycles. The fraction of sp³-hybridized carbons (Fsp3) is 0.125. The molecule has 0 atom stereocenters. The molecule has 124 valence electrons. The average molecular weight is 368 g/mol. The molecule has 3 rings (SSSR count). The second-order valence-electron chi connectivity index (χ2n) is 5.17. The van der Waals surface area contributed by atoms with Gasteiger partial charge < -0.3 is 10.2 Å². The van der Waals surface area contributed by atoms with Crippen LogP contribution in [-0.4, -0.2) is 26.7 Å². The van der Waals surface area contributed by atoms with Gasteiger partial charge in [-0.15, -0.1) is 11.3 Å². The van der Waals surface area contributed by atoms with E-state index in [0.29, 0.717) is 33.5 Å². The summed E-state index contributed by atoms with van der Waals surface area (Å²) in [5.41, 5.74) is 1.09. The number of phenolic OH excluding ortho intramolecular Hbond substituents is 1. The highest BCUT2D eigenvalue weighted by Gasteiger charge is 2.24. The number of fused-ring (bicyclic) bond motifs is 1. The number of aromatic nitrogens is 1. The van der Waals surface area contributed by atoms with Crippen LogP contribution in [0, 0.1) is 12.1 Å². The van der Waals surface area contributed by atoms with Crippen molar-refractivity contribution in [1.29, 1.82) is 0 Å². The third-order valence-corrected chi connectivity index (χ3v) is 4.97. The zero-order chi connectivity index (χ0) is 17.6. The molecule has 0 saturated carbocycles. The maximum atomic E-state index is 13.2. The molecule has 2 N–H and O–H groups in total. The number of carboxylic acids is 1. The lowest BCUT2D eigenvalue weighted by molar-refractivity contribution is -0.136. The van der Waals surface area contributed by atoms with Gasteiger partial charge in [-0.05, 0) is 36.8 Å². The van der Waals surface area contributed by atoms with Crippen LogP contribution in [0.2, 0.25) is 5.02 Å². The number of carboxylic acid groups (broad SMARTS) is 1. The lowest BCUT2D eigenvalue weighted by Gasteiger charge is -2.05. The summed E-state index contributed by atoms with van der Waals surface area (Å²) < 4.78 is 14.5. The molecule has 8 heteroatoms. The van der Waals surface area contributed by atoms with Gasteiger partial charge in [-0.3, -0.25) is 14.2 Å². The summed E-state index contributed by atoms with van der Waals surface area (Å²) in [6, 6.07) is 5.37. The number of aromatic hydroxyl groups is 1. The first-order valence-corrected chi connectivity index (χ1v) is 8.04. The summed E-state index contributed by atoms with van der Waals surface area (Å²) in [4.78, 5) is 24.1. The minimum atomic E-state index is -1.09. The van der Waals surface area contributed by atoms with Gasteiger partial charge in [0.15, 0.2) is 5.13 Å². The topological polar surface area (TPSA) is 79.5 Å². The normalized spacial score (nSPS) is 11.1. The Morgan fingerprint density at radius 1 is 1.29 bits per heavy atom. The summed E-state index contributed by atoms with van der Waals surface area (Å²) in [7, 11) is 0. The van der Waals surface area contributed by atoms with Crippen LogP contribution in [0.3, 0.4) is 0 Å². The van der Waals surface area contributed by atoms with E-state index in [0.717, 1.165) is 0 Å². The Bertz CT molecular complexity index is 992. The Labute approximate surface area is 144 Å². The van der Waals surface area contributed by atoms with E-state index < -0.39 is 17.0 Å². The van der Waals surface area contributed by atoms with Gasteiger partial charge in [0.1, 0.15) is 5.75 Å². The van der Waals surface area contributed by atoms with E-state index in [4.69, 9.17) is 16.7 Å². The van der Waals surface area contributed by atoms with Gasteiger partial charge >= 0.3 is 5.97 Å². The maximum absolute atomic E-state index is 13.2. The molecule has 3 aromatic rings. The van der Waals surface area contributed by atoms with Gasteiger partial charge in [0.05, 0.1) is 21.8 Å². The molecule has 0 bridgehead atoms. The Morgan fingerprint density at radius 2 is 2.00 bits per heavy atom. The zero-order valence-corrected chi connectivity index (χ0v) is 13.9. The molecule has 24 heavy (non-hydrogen) atoms. The summed E-state index contributed by atoms with van der Waals surface area (Å²) in [6.07, 6.45) is -0.357. The molecule has 0 fully saturated rings. The summed E-state index contributed by atoms with van der Waals surface area (Å²) in [6.45, 7) is 1.59. The van der Waals surface area contributed by atoms with Crippen molar-refractivity contribution in [2.75, 3.05) is 0 Å². The Morgan fingerprint density at radius 3 is 2.58 bits per heavy atom. The average Bonchev–Trinajstić information content (AvgIpc) is 3.05. The molecule has 0 radical (unpaired) electrons. The minimum absolute atomic E-state index is 0.0178. The van der Waals surface area contributed by atoms with Crippen molar-refractivity contribution in [3.63, 3.8) is 0 Å². The molecule has 0 amide bonds. The number of hydrogen-bond donors (Lipinski definition) is 2. The van der Waals surface area contributed by atoms with Crippen LogP contribution in [0.1, 0.15) is 20.9 Å². The van der Waals surface area contributed by atoms with E-state index >= 15 is 0 Å². The highest BCUT2D eigenvalue weighted by Crippen LogP contribution is 2.38. The summed E-state index contributed by atoms with van der Waals surface area (Å²) >= 11 is 6.83. The number of halogens is 2. The second-order valence-corrected chi connectivity index (χ2v) is 6.58. The largest absolute Gasteiger partial charge is 0.506 e. The predicted molar refractivity (Wildman–Crippen MR) is 88.7 cm³/mol. The number of benzene rings is 1. The third kappa shape index (κ3) is 2.55. The van der Waals surface area contributed by atoms with Crippen molar-refractivity contribution in [3.05, 3.63) is 50.6 Å². The van der Waals surface area contributed by atoms with E-state index in [-0.39, 0.29) is 22.1 Å². The fourth-order valence-corrected chi connectivity index (χ4v) is 3.63. The predicted octanol–water partition coefficient (Wildman–Crippen LogP) is 3.82. The third-order valence-electron chi connectivity index (χ3n) is 3.73. The Kier molecular flexibility index (Phi) is 4.06. The van der Waals surface area contributed by atoms with Crippen LogP contribution in [-0.2, 0) is 11.2 Å². The number of carbonyl (C=O) groups is 2. The molecule has 0 saturated heterocycles. The number of aliphatic carboxylic acids is 1. The smallest absolute Gasteiger partial charge is 0.307 e. The van der Waals surface area contributed by atoms with Crippen LogP contribution < -0.4 is 0 Å². The van der Waals surface area contributed by atoms with Crippen LogP contribution in [0.4, 0.5) is 4.39 Å². The van der Waals surface area contributed by atoms with E-state index in [2.05, 4.69) is 0 Å². The molecule has 0 unspecified atom stereocenters. The quantitative estimate of drug-likeness (QED) is 0.737. The molecule has 2 aromatic heterocycles. The van der Waals surface area contributed by atoms with Gasteiger partial charge in [-0.1, -0.05) is 11.6 Å². The molecule has 0 aliphatic rings. The van der Waals surface area contributed by atoms with Crippen LogP contribution in [0.25, 0.3) is 10.9 Å². The second kappa shape index (κ2) is 5.92. The van der Waals surface area contributed by atoms with Gasteiger partial charge in [-0.25, -0.2) is 0 Å². The standard InChI is InChI=1S/C16H11ClFNO4S/c1-7-8(6-13(21)22)14-9(2-3-10(20)15(14)17)19(7)16(23)11-4-5-12(18)24-11/h2-5,20H,6H2,1H3,(H,21,22). The molecule has 0 aliphatic carbocycles. The number of thiophene rings is 1. The van der Waals surface area contributed by atoms with Gasteiger partial charge in [0.2, 0.25) is 0 Å². The molecule has 0 spiro atoms. The molecule has 0 aliphatic heterocycles. The van der Waals surface area contributed by atoms with Gasteiger partial charge in [-0.2, -0.15) is 4.39 Å². The minimum Gasteiger partial charge on any atom is -0.506 e. The van der Waals surface area contributed by atoms with Crippen molar-refractivity contribution in [2.45, 2.75) is 13.3 Å². The first kappa shape index (κ1) is 16.5. The summed E-state index contributed by atoms with van der Waals surface area (Å²) in [5.74, 6) is -1.78. The maximum Gasteiger partial charge on any atom is 0.307 e. The van der Waals surface area contributed by atoms with Crippen molar-refractivity contribution in [1.82, 2.24) is 4.57 Å². The lowest BCUT2D eigenvalue weighted by Crippen LogP contribution is -2.12. The number of hydrogen-bond acceptors (Lipinski definition) is 4. The first-order valence-electron chi connectivity index (χ1n) is 6.84. The van der Waals surface area contributed by atoms with E-state index in [1.807, 2.05) is 0 Å². The zero-order valence-electron chi connectivity index (χ0n) is 12.3. The fourth-order valence-electron chi connectivity index (χ4n) is 2.69. The number of nitrogens with zero attached hydrogens (tertiary/aromatic N) is 1. The first-order chi connectivity index (χ1) is 11.3. The van der Waals surface area contributed by atoms with Crippen LogP contribution in [0.15, 0.2) is 24.3 Å². The summed E-state index contributed by atoms with van der Waals surface area (Å²) in [5, 5.41) is 18.7. The highest BCUT2D eigenvalue weighted by atomic mass is 35.5. The van der Waals surface area contributed by atoms with Crippen molar-refractivity contribution >= 4 is 45.7 Å². The highest BCUT2D eigenvalue weighted by molar-refractivity contribution is 7.12. The van der Waals surface area contributed by atoms with Crippen molar-refractivity contribution < 1.29 is 24.2 Å². The van der Waals surface area contributed by atoms with Crippen LogP contribution in [0.5, 0.6) is 5.75 Å². The van der Waals surface area contributed by atoms with Crippen molar-refractivity contribution in [2.24, 2.45) is 0 Å². The Balaban J connectivity index is 2.32. The van der Waals surface area contributed by atoms with E-state index in [1.54, 1.807) is 6.92 Å². The molecular formula is C16H11ClFNO4S. The van der Waals surface area contributed by atoms with Gasteiger partial charge in [0, 0.05) is 11.1 Å². The van der Waals surface area contributed by atoms with Crippen molar-refractivity contribution in [3.8, 4) is 5.75 Å².